The van der Waals surface area contributed by atoms with Crippen LogP contribution < -0.4 is 5.32 Å². The molecule has 1 aromatic rings. The van der Waals surface area contributed by atoms with Crippen LogP contribution in [0.4, 0.5) is 0 Å². The van der Waals surface area contributed by atoms with Crippen molar-refractivity contribution in [2.75, 3.05) is 13.6 Å². The second-order valence-electron chi connectivity index (χ2n) is 3.47. The molecule has 1 aromatic heterocycles. The van der Waals surface area contributed by atoms with E-state index in [1.807, 2.05) is 18.4 Å². The highest BCUT2D eigenvalue weighted by atomic mass is 79.9. The quantitative estimate of drug-likeness (QED) is 0.746. The highest BCUT2D eigenvalue weighted by Gasteiger charge is 1.97. The first-order chi connectivity index (χ1) is 6.83. The summed E-state index contributed by atoms with van der Waals surface area (Å²) in [6.45, 7) is 1.16. The number of thiophene rings is 1. The van der Waals surface area contributed by atoms with Gasteiger partial charge in [0, 0.05) is 4.88 Å². The minimum atomic E-state index is 1.16. The summed E-state index contributed by atoms with van der Waals surface area (Å²) in [5, 5.41) is 3.18. The molecule has 0 radical (unpaired) electrons. The van der Waals surface area contributed by atoms with E-state index in [4.69, 9.17) is 0 Å². The van der Waals surface area contributed by atoms with Gasteiger partial charge in [-0.2, -0.15) is 0 Å². The largest absolute Gasteiger partial charge is 0.320 e. The molecule has 1 N–H and O–H groups in total. The van der Waals surface area contributed by atoms with Crippen LogP contribution in [0, 0.1) is 0 Å². The fourth-order valence-corrected chi connectivity index (χ4v) is 2.97. The molecule has 0 saturated heterocycles. The van der Waals surface area contributed by atoms with E-state index in [1.54, 1.807) is 0 Å². The summed E-state index contributed by atoms with van der Waals surface area (Å²) in [5.74, 6) is 0. The molecule has 0 bridgehead atoms. The van der Waals surface area contributed by atoms with Crippen molar-refractivity contribution >= 4 is 27.3 Å². The Labute approximate surface area is 99.0 Å². The maximum Gasteiger partial charge on any atom is 0.0701 e. The molecule has 0 fully saturated rings. The first-order valence-electron chi connectivity index (χ1n) is 5.22. The molecule has 0 aromatic carbocycles. The summed E-state index contributed by atoms with van der Waals surface area (Å²) in [4.78, 5) is 1.51. The Hall–Kier alpha value is 0.140. The number of aryl methyl sites for hydroxylation is 1. The Balaban J connectivity index is 1.99. The highest BCUT2D eigenvalue weighted by Crippen LogP contribution is 2.23. The van der Waals surface area contributed by atoms with Crippen LogP contribution in [0.25, 0.3) is 0 Å². The average Bonchev–Trinajstić information content (AvgIpc) is 2.58. The van der Waals surface area contributed by atoms with E-state index in [2.05, 4.69) is 33.4 Å². The lowest BCUT2D eigenvalue weighted by atomic mass is 10.1. The summed E-state index contributed by atoms with van der Waals surface area (Å²) < 4.78 is 1.25. The van der Waals surface area contributed by atoms with Crippen molar-refractivity contribution in [3.8, 4) is 0 Å². The third-order valence-corrected chi connectivity index (χ3v) is 3.91. The van der Waals surface area contributed by atoms with Gasteiger partial charge in [-0.3, -0.25) is 0 Å². The zero-order valence-corrected chi connectivity index (χ0v) is 11.1. The molecular formula is C11H18BrNS. The van der Waals surface area contributed by atoms with E-state index in [1.165, 1.54) is 40.8 Å². The molecule has 0 saturated carbocycles. The molecule has 1 heterocycles. The van der Waals surface area contributed by atoms with Gasteiger partial charge in [-0.15, -0.1) is 11.3 Å². The van der Waals surface area contributed by atoms with Crippen LogP contribution in [0.1, 0.15) is 30.6 Å². The van der Waals surface area contributed by atoms with Crippen molar-refractivity contribution in [1.29, 1.82) is 0 Å². The Bertz CT molecular complexity index is 247. The smallest absolute Gasteiger partial charge is 0.0701 e. The van der Waals surface area contributed by atoms with Crippen molar-refractivity contribution in [3.63, 3.8) is 0 Å². The molecule has 1 nitrogen and oxygen atoms in total. The molecule has 0 aliphatic rings. The van der Waals surface area contributed by atoms with E-state index in [0.717, 1.165) is 6.54 Å². The number of hydrogen-bond donors (Lipinski definition) is 1. The van der Waals surface area contributed by atoms with E-state index in [0.29, 0.717) is 0 Å². The molecule has 0 unspecified atom stereocenters. The fraction of sp³-hybridized carbons (Fsp3) is 0.636. The van der Waals surface area contributed by atoms with Crippen LogP contribution in [0.3, 0.4) is 0 Å². The molecule has 0 aliphatic carbocycles. The monoisotopic (exact) mass is 275 g/mol. The van der Waals surface area contributed by atoms with Gasteiger partial charge >= 0.3 is 0 Å². The first-order valence-corrected chi connectivity index (χ1v) is 6.82. The molecular weight excluding hydrogens is 258 g/mol. The number of halogens is 1. The molecule has 0 spiro atoms. The van der Waals surface area contributed by atoms with Gasteiger partial charge in [0.15, 0.2) is 0 Å². The third-order valence-electron chi connectivity index (χ3n) is 2.23. The second kappa shape index (κ2) is 7.43. The van der Waals surface area contributed by atoms with E-state index >= 15 is 0 Å². The SMILES string of the molecule is CNCCCCCCc1ccc(Br)s1. The van der Waals surface area contributed by atoms with Crippen LogP contribution in [-0.2, 0) is 6.42 Å². The standard InChI is InChI=1S/C11H18BrNS/c1-13-9-5-3-2-4-6-10-7-8-11(12)14-10/h7-8,13H,2-6,9H2,1H3. The summed E-state index contributed by atoms with van der Waals surface area (Å²) >= 11 is 5.35. The van der Waals surface area contributed by atoms with Crippen LogP contribution >= 0.6 is 27.3 Å². The van der Waals surface area contributed by atoms with Crippen LogP contribution in [-0.4, -0.2) is 13.6 Å². The predicted molar refractivity (Wildman–Crippen MR) is 68.1 cm³/mol. The zero-order chi connectivity index (χ0) is 10.2. The molecule has 3 heteroatoms. The second-order valence-corrected chi connectivity index (χ2v) is 6.02. The number of hydrogen-bond acceptors (Lipinski definition) is 2. The Morgan fingerprint density at radius 1 is 1.21 bits per heavy atom. The van der Waals surface area contributed by atoms with Crippen molar-refractivity contribution < 1.29 is 0 Å². The third kappa shape index (κ3) is 5.13. The molecule has 80 valence electrons. The molecule has 0 atom stereocenters. The fourth-order valence-electron chi connectivity index (χ4n) is 1.44. The van der Waals surface area contributed by atoms with Gasteiger partial charge < -0.3 is 5.32 Å². The van der Waals surface area contributed by atoms with Crippen LogP contribution in [0.15, 0.2) is 15.9 Å². The highest BCUT2D eigenvalue weighted by molar-refractivity contribution is 9.11. The maximum atomic E-state index is 3.49. The van der Waals surface area contributed by atoms with Gasteiger partial charge in [0.1, 0.15) is 0 Å². The Kier molecular flexibility index (Phi) is 6.48. The van der Waals surface area contributed by atoms with Crippen LogP contribution in [0.2, 0.25) is 0 Å². The lowest BCUT2D eigenvalue weighted by molar-refractivity contribution is 0.618. The number of nitrogens with one attached hydrogen (secondary N) is 1. The van der Waals surface area contributed by atoms with Gasteiger partial charge in [0.2, 0.25) is 0 Å². The summed E-state index contributed by atoms with van der Waals surface area (Å²) in [6, 6.07) is 4.36. The minimum Gasteiger partial charge on any atom is -0.320 e. The molecule has 14 heavy (non-hydrogen) atoms. The van der Waals surface area contributed by atoms with Gasteiger partial charge in [0.25, 0.3) is 0 Å². The summed E-state index contributed by atoms with van der Waals surface area (Å²) in [6.07, 6.45) is 6.60. The molecule has 1 rings (SSSR count). The zero-order valence-electron chi connectivity index (χ0n) is 8.68. The molecule has 0 aliphatic heterocycles. The summed E-state index contributed by atoms with van der Waals surface area (Å²) in [7, 11) is 2.02. The van der Waals surface area contributed by atoms with Crippen LogP contribution in [0.5, 0.6) is 0 Å². The van der Waals surface area contributed by atoms with Crippen molar-refractivity contribution in [3.05, 3.63) is 20.8 Å². The van der Waals surface area contributed by atoms with Gasteiger partial charge in [-0.05, 0) is 60.9 Å². The lowest BCUT2D eigenvalue weighted by Gasteiger charge is -1.99. The van der Waals surface area contributed by atoms with E-state index < -0.39 is 0 Å². The van der Waals surface area contributed by atoms with Gasteiger partial charge in [-0.1, -0.05) is 12.8 Å². The van der Waals surface area contributed by atoms with Crippen molar-refractivity contribution in [2.24, 2.45) is 0 Å². The van der Waals surface area contributed by atoms with Gasteiger partial charge in [-0.25, -0.2) is 0 Å². The topological polar surface area (TPSA) is 12.0 Å². The number of rotatable bonds is 7. The lowest BCUT2D eigenvalue weighted by Crippen LogP contribution is -2.06. The number of unbranched alkanes of at least 4 members (excludes halogenated alkanes) is 3. The minimum absolute atomic E-state index is 1.16. The van der Waals surface area contributed by atoms with E-state index in [9.17, 15) is 0 Å². The summed E-state index contributed by atoms with van der Waals surface area (Å²) in [5.41, 5.74) is 0. The Morgan fingerprint density at radius 3 is 2.64 bits per heavy atom. The molecule has 0 amide bonds. The average molecular weight is 276 g/mol. The Morgan fingerprint density at radius 2 is 2.00 bits per heavy atom. The van der Waals surface area contributed by atoms with Crippen molar-refractivity contribution in [2.45, 2.75) is 32.1 Å². The normalized spacial score (nSPS) is 10.7. The predicted octanol–water partition coefficient (Wildman–Crippen LogP) is 3.83. The first kappa shape index (κ1) is 12.2. The van der Waals surface area contributed by atoms with Gasteiger partial charge in [0.05, 0.1) is 3.79 Å². The van der Waals surface area contributed by atoms with Crippen molar-refractivity contribution in [1.82, 2.24) is 5.32 Å². The maximum absolute atomic E-state index is 3.49. The van der Waals surface area contributed by atoms with E-state index in [-0.39, 0.29) is 0 Å².